The van der Waals surface area contributed by atoms with Crippen LogP contribution in [0.1, 0.15) is 37.7 Å². The van der Waals surface area contributed by atoms with E-state index >= 15 is 0 Å². The molecule has 8 nitrogen and oxygen atoms in total. The Bertz CT molecular complexity index is 1250. The second-order valence-corrected chi connectivity index (χ2v) is 9.03. The van der Waals surface area contributed by atoms with Gasteiger partial charge in [0.05, 0.1) is 11.4 Å². The fourth-order valence-corrected chi connectivity index (χ4v) is 4.81. The number of aromatic nitrogens is 2. The van der Waals surface area contributed by atoms with Crippen molar-refractivity contribution in [3.63, 3.8) is 0 Å². The zero-order valence-electron chi connectivity index (χ0n) is 19.2. The monoisotopic (exact) mass is 475 g/mol. The van der Waals surface area contributed by atoms with Gasteiger partial charge in [0.1, 0.15) is 17.9 Å². The third kappa shape index (κ3) is 4.53. The largest absolute Gasteiger partial charge is 0.350 e. The maximum Gasteiger partial charge on any atom is 0.325 e. The lowest BCUT2D eigenvalue weighted by molar-refractivity contribution is -0.135. The van der Waals surface area contributed by atoms with Crippen LogP contribution >= 0.6 is 0 Å². The summed E-state index contributed by atoms with van der Waals surface area (Å²) in [6.45, 7) is -0.210. The van der Waals surface area contributed by atoms with E-state index in [-0.39, 0.29) is 24.8 Å². The minimum Gasteiger partial charge on any atom is -0.350 e. The summed E-state index contributed by atoms with van der Waals surface area (Å²) in [6.07, 6.45) is 5.81. The minimum absolute atomic E-state index is 0.132. The quantitative estimate of drug-likeness (QED) is 0.533. The molecule has 5 rings (SSSR count). The summed E-state index contributed by atoms with van der Waals surface area (Å²) in [6, 6.07) is 15.0. The highest BCUT2D eigenvalue weighted by atomic mass is 19.1. The van der Waals surface area contributed by atoms with Crippen LogP contribution in [0.5, 0.6) is 0 Å². The second-order valence-electron chi connectivity index (χ2n) is 9.03. The molecule has 3 aromatic rings. The molecule has 4 amide bonds. The van der Waals surface area contributed by atoms with Crippen molar-refractivity contribution >= 4 is 17.8 Å². The maximum absolute atomic E-state index is 13.5. The number of urea groups is 1. The average Bonchev–Trinajstić information content (AvgIpc) is 3.39. The lowest BCUT2D eigenvalue weighted by Crippen LogP contribution is -2.49. The number of para-hydroxylation sites is 1. The maximum atomic E-state index is 13.5. The van der Waals surface area contributed by atoms with Gasteiger partial charge in [0.25, 0.3) is 5.91 Å². The molecule has 0 atom stereocenters. The summed E-state index contributed by atoms with van der Waals surface area (Å²) in [5.41, 5.74) is 2.01. The van der Waals surface area contributed by atoms with Crippen LogP contribution in [0.25, 0.3) is 16.9 Å². The van der Waals surface area contributed by atoms with Gasteiger partial charge < -0.3 is 10.6 Å². The molecule has 1 spiro atoms. The Hall–Kier alpha value is -4.01. The lowest BCUT2D eigenvalue weighted by Gasteiger charge is -2.30. The summed E-state index contributed by atoms with van der Waals surface area (Å²) >= 11 is 0. The van der Waals surface area contributed by atoms with Crippen molar-refractivity contribution in [2.75, 3.05) is 6.54 Å². The van der Waals surface area contributed by atoms with E-state index in [9.17, 15) is 18.8 Å². The number of nitrogens with zero attached hydrogens (tertiary/aromatic N) is 3. The molecule has 2 aliphatic rings. The molecule has 2 heterocycles. The standard InChI is InChI=1S/C26H26FN5O3/c27-20-11-9-18(10-12-20)23-19(16-32(30-23)21-7-3-1-4-8-21)15-28-22(33)17-31-24(34)26(29-25(31)35)13-5-2-6-14-26/h1,3-4,7-12,16H,2,5-6,13-15,17H2,(H,28,33)(H,29,35). The molecule has 180 valence electrons. The van der Waals surface area contributed by atoms with Crippen LogP contribution in [0.4, 0.5) is 9.18 Å². The Morgan fingerprint density at radius 1 is 1.03 bits per heavy atom. The molecule has 1 aromatic heterocycles. The van der Waals surface area contributed by atoms with E-state index in [4.69, 9.17) is 0 Å². The molecular weight excluding hydrogens is 449 g/mol. The number of hydrogen-bond donors (Lipinski definition) is 2. The lowest BCUT2D eigenvalue weighted by atomic mass is 9.82. The summed E-state index contributed by atoms with van der Waals surface area (Å²) in [7, 11) is 0. The van der Waals surface area contributed by atoms with E-state index < -0.39 is 17.5 Å². The summed E-state index contributed by atoms with van der Waals surface area (Å²) in [4.78, 5) is 39.2. The van der Waals surface area contributed by atoms with Gasteiger partial charge in [0.15, 0.2) is 0 Å². The van der Waals surface area contributed by atoms with Crippen LogP contribution in [0.3, 0.4) is 0 Å². The van der Waals surface area contributed by atoms with Gasteiger partial charge in [0.2, 0.25) is 5.91 Å². The Morgan fingerprint density at radius 2 is 1.74 bits per heavy atom. The van der Waals surface area contributed by atoms with E-state index in [1.807, 2.05) is 30.3 Å². The van der Waals surface area contributed by atoms with Crippen molar-refractivity contribution in [1.82, 2.24) is 25.3 Å². The van der Waals surface area contributed by atoms with Crippen molar-refractivity contribution in [1.29, 1.82) is 0 Å². The van der Waals surface area contributed by atoms with Gasteiger partial charge in [-0.3, -0.25) is 14.5 Å². The molecule has 1 saturated heterocycles. The number of hydrogen-bond acceptors (Lipinski definition) is 4. The molecule has 2 N–H and O–H groups in total. The second kappa shape index (κ2) is 9.32. The average molecular weight is 476 g/mol. The van der Waals surface area contributed by atoms with Crippen molar-refractivity contribution in [3.8, 4) is 16.9 Å². The van der Waals surface area contributed by atoms with Crippen LogP contribution in [0.15, 0.2) is 60.8 Å². The number of rotatable bonds is 6. The first-order valence-electron chi connectivity index (χ1n) is 11.8. The smallest absolute Gasteiger partial charge is 0.325 e. The van der Waals surface area contributed by atoms with Crippen LogP contribution < -0.4 is 10.6 Å². The van der Waals surface area contributed by atoms with Gasteiger partial charge in [-0.15, -0.1) is 0 Å². The van der Waals surface area contributed by atoms with Crippen LogP contribution in [0.2, 0.25) is 0 Å². The molecule has 0 unspecified atom stereocenters. The molecule has 0 radical (unpaired) electrons. The van der Waals surface area contributed by atoms with Crippen molar-refractivity contribution in [3.05, 3.63) is 72.2 Å². The molecule has 1 aliphatic heterocycles. The third-order valence-corrected chi connectivity index (χ3v) is 6.66. The highest BCUT2D eigenvalue weighted by molar-refractivity contribution is 6.09. The van der Waals surface area contributed by atoms with Crippen LogP contribution in [-0.4, -0.2) is 44.6 Å². The van der Waals surface area contributed by atoms with Gasteiger partial charge in [-0.1, -0.05) is 37.5 Å². The molecular formula is C26H26FN5O3. The fourth-order valence-electron chi connectivity index (χ4n) is 4.81. The van der Waals surface area contributed by atoms with E-state index in [1.54, 1.807) is 23.0 Å². The van der Waals surface area contributed by atoms with Gasteiger partial charge in [0, 0.05) is 23.9 Å². The molecule has 35 heavy (non-hydrogen) atoms. The molecule has 1 saturated carbocycles. The van der Waals surface area contributed by atoms with E-state index in [1.165, 1.54) is 12.1 Å². The minimum atomic E-state index is -0.859. The summed E-state index contributed by atoms with van der Waals surface area (Å²) in [5, 5.41) is 10.3. The Balaban J connectivity index is 1.32. The van der Waals surface area contributed by atoms with E-state index in [2.05, 4.69) is 15.7 Å². The summed E-state index contributed by atoms with van der Waals surface area (Å²) < 4.78 is 15.2. The van der Waals surface area contributed by atoms with Gasteiger partial charge in [-0.05, 0) is 49.2 Å². The molecule has 9 heteroatoms. The molecule has 2 aromatic carbocycles. The number of benzene rings is 2. The zero-order valence-corrected chi connectivity index (χ0v) is 19.2. The SMILES string of the molecule is O=C(CN1C(=O)NC2(CCCCC2)C1=O)NCc1cn(-c2ccccc2)nc1-c1ccc(F)cc1. The molecule has 2 fully saturated rings. The van der Waals surface area contributed by atoms with Crippen molar-refractivity contribution in [2.24, 2.45) is 0 Å². The molecule has 1 aliphatic carbocycles. The first-order valence-corrected chi connectivity index (χ1v) is 11.8. The highest BCUT2D eigenvalue weighted by Gasteiger charge is 2.51. The highest BCUT2D eigenvalue weighted by Crippen LogP contribution is 2.33. The number of imide groups is 1. The first kappa shape index (κ1) is 22.8. The van der Waals surface area contributed by atoms with Crippen LogP contribution in [0, 0.1) is 5.82 Å². The Kier molecular flexibility index (Phi) is 6.07. The predicted molar refractivity (Wildman–Crippen MR) is 127 cm³/mol. The zero-order chi connectivity index (χ0) is 24.4. The summed E-state index contributed by atoms with van der Waals surface area (Å²) in [5.74, 6) is -1.12. The molecule has 0 bridgehead atoms. The van der Waals surface area contributed by atoms with E-state index in [0.717, 1.165) is 35.4 Å². The van der Waals surface area contributed by atoms with Crippen molar-refractivity contribution in [2.45, 2.75) is 44.2 Å². The Labute approximate surface area is 202 Å². The number of amides is 4. The first-order chi connectivity index (χ1) is 16.9. The van der Waals surface area contributed by atoms with Gasteiger partial charge in [-0.2, -0.15) is 5.10 Å². The number of nitrogens with one attached hydrogen (secondary N) is 2. The van der Waals surface area contributed by atoms with Gasteiger partial charge in [-0.25, -0.2) is 13.9 Å². The third-order valence-electron chi connectivity index (χ3n) is 6.66. The number of halogens is 1. The predicted octanol–water partition coefficient (Wildman–Crippen LogP) is 3.55. The van der Waals surface area contributed by atoms with E-state index in [0.29, 0.717) is 24.1 Å². The number of carbonyl (C=O) groups excluding carboxylic acids is 3. The normalized spacial score (nSPS) is 17.0. The van der Waals surface area contributed by atoms with Gasteiger partial charge >= 0.3 is 6.03 Å². The van der Waals surface area contributed by atoms with Crippen molar-refractivity contribution < 1.29 is 18.8 Å². The number of carbonyl (C=O) groups is 3. The fraction of sp³-hybridized carbons (Fsp3) is 0.308. The topological polar surface area (TPSA) is 96.3 Å². The van der Waals surface area contributed by atoms with Crippen LogP contribution in [-0.2, 0) is 16.1 Å². The Morgan fingerprint density at radius 3 is 2.46 bits per heavy atom.